The number of benzene rings is 2. The number of aromatic nitrogens is 5. The summed E-state index contributed by atoms with van der Waals surface area (Å²) in [4.78, 5) is 4.58. The number of aromatic amines is 1. The Bertz CT molecular complexity index is 1030. The lowest BCUT2D eigenvalue weighted by Gasteiger charge is -2.06. The topological polar surface area (TPSA) is 89.7 Å². The zero-order valence-electron chi connectivity index (χ0n) is 17.0. The number of rotatable bonds is 10. The standard InChI is InChI=1S/C23H25N5O2/c1-17-21(24-23(30-17)19-9-5-3-6-10-19)16-29-20-14-12-18(13-15-20)8-4-2-7-11-22-25-27-28-26-22/h3,5-6,9-10,12-15H,2,4,7-8,11,16H2,1H3,(H,25,26,27,28). The minimum absolute atomic E-state index is 0.387. The normalized spacial score (nSPS) is 11.0. The van der Waals surface area contributed by atoms with Crippen LogP contribution in [-0.2, 0) is 19.4 Å². The summed E-state index contributed by atoms with van der Waals surface area (Å²) in [6, 6.07) is 18.2. The molecule has 0 saturated carbocycles. The first-order valence-corrected chi connectivity index (χ1v) is 10.2. The summed E-state index contributed by atoms with van der Waals surface area (Å²) in [5.41, 5.74) is 3.10. The molecule has 0 unspecified atom stereocenters. The molecule has 0 amide bonds. The van der Waals surface area contributed by atoms with Crippen LogP contribution >= 0.6 is 0 Å². The average Bonchev–Trinajstić information content (AvgIpc) is 3.43. The summed E-state index contributed by atoms with van der Waals surface area (Å²) in [6.07, 6.45) is 5.27. The van der Waals surface area contributed by atoms with Crippen molar-refractivity contribution in [2.45, 2.75) is 45.6 Å². The minimum Gasteiger partial charge on any atom is -0.487 e. The minimum atomic E-state index is 0.387. The lowest BCUT2D eigenvalue weighted by molar-refractivity contribution is 0.299. The van der Waals surface area contributed by atoms with Gasteiger partial charge in [-0.3, -0.25) is 0 Å². The highest BCUT2D eigenvalue weighted by Crippen LogP contribution is 2.23. The zero-order valence-corrected chi connectivity index (χ0v) is 17.0. The van der Waals surface area contributed by atoms with Crippen LogP contribution < -0.4 is 4.74 Å². The molecule has 0 aliphatic carbocycles. The Labute approximate surface area is 175 Å². The number of oxazole rings is 1. The molecule has 0 aliphatic heterocycles. The van der Waals surface area contributed by atoms with Gasteiger partial charge in [0.25, 0.3) is 0 Å². The Kier molecular flexibility index (Phi) is 6.49. The third-order valence-corrected chi connectivity index (χ3v) is 4.97. The molecule has 4 aromatic rings. The number of aryl methyl sites for hydroxylation is 3. The van der Waals surface area contributed by atoms with Crippen molar-refractivity contribution in [3.8, 4) is 17.2 Å². The van der Waals surface area contributed by atoms with Crippen LogP contribution in [0.25, 0.3) is 11.5 Å². The summed E-state index contributed by atoms with van der Waals surface area (Å²) in [7, 11) is 0. The number of nitrogens with one attached hydrogen (secondary N) is 1. The predicted octanol–water partition coefficient (Wildman–Crippen LogP) is 4.70. The van der Waals surface area contributed by atoms with Crippen LogP contribution in [0.2, 0.25) is 0 Å². The number of H-pyrrole nitrogens is 1. The van der Waals surface area contributed by atoms with Crippen molar-refractivity contribution < 1.29 is 9.15 Å². The van der Waals surface area contributed by atoms with E-state index < -0.39 is 0 Å². The van der Waals surface area contributed by atoms with E-state index in [-0.39, 0.29) is 0 Å². The number of unbranched alkanes of at least 4 members (excludes halogenated alkanes) is 2. The van der Waals surface area contributed by atoms with Gasteiger partial charge in [-0.2, -0.15) is 5.21 Å². The molecule has 1 N–H and O–H groups in total. The van der Waals surface area contributed by atoms with E-state index in [1.54, 1.807) is 0 Å². The Hall–Kier alpha value is -3.48. The van der Waals surface area contributed by atoms with Crippen LogP contribution in [0.1, 0.15) is 42.1 Å². The molecule has 0 aliphatic rings. The molecule has 2 heterocycles. The largest absolute Gasteiger partial charge is 0.487 e. The van der Waals surface area contributed by atoms with Gasteiger partial charge in [-0.1, -0.05) is 42.0 Å². The first kappa shape index (κ1) is 19.8. The number of nitrogens with zero attached hydrogens (tertiary/aromatic N) is 4. The van der Waals surface area contributed by atoms with Crippen molar-refractivity contribution in [3.63, 3.8) is 0 Å². The molecule has 0 spiro atoms. The van der Waals surface area contributed by atoms with E-state index in [2.05, 4.69) is 37.7 Å². The van der Waals surface area contributed by atoms with Crippen LogP contribution in [-0.4, -0.2) is 25.6 Å². The fourth-order valence-corrected chi connectivity index (χ4v) is 3.25. The Morgan fingerprint density at radius 1 is 0.933 bits per heavy atom. The molecule has 2 aromatic heterocycles. The maximum Gasteiger partial charge on any atom is 0.226 e. The van der Waals surface area contributed by atoms with Crippen molar-refractivity contribution in [1.29, 1.82) is 0 Å². The van der Waals surface area contributed by atoms with Gasteiger partial charge in [0.1, 0.15) is 23.8 Å². The molecule has 7 heteroatoms. The number of tetrazole rings is 1. The van der Waals surface area contributed by atoms with Gasteiger partial charge in [0.05, 0.1) is 0 Å². The van der Waals surface area contributed by atoms with E-state index in [0.717, 1.165) is 60.7 Å². The van der Waals surface area contributed by atoms with Crippen molar-refractivity contribution in [2.75, 3.05) is 0 Å². The number of hydrogen-bond donors (Lipinski definition) is 1. The van der Waals surface area contributed by atoms with Crippen LogP contribution in [0.4, 0.5) is 0 Å². The fraction of sp³-hybridized carbons (Fsp3) is 0.304. The quantitative estimate of drug-likeness (QED) is 0.386. The first-order chi connectivity index (χ1) is 14.8. The summed E-state index contributed by atoms with van der Waals surface area (Å²) in [6.45, 7) is 2.30. The average molecular weight is 403 g/mol. The summed E-state index contributed by atoms with van der Waals surface area (Å²) >= 11 is 0. The Morgan fingerprint density at radius 3 is 2.50 bits per heavy atom. The molecule has 0 radical (unpaired) electrons. The molecule has 0 saturated heterocycles. The van der Waals surface area contributed by atoms with E-state index in [1.807, 2.05) is 49.4 Å². The van der Waals surface area contributed by atoms with Crippen molar-refractivity contribution in [3.05, 3.63) is 77.4 Å². The van der Waals surface area contributed by atoms with Crippen LogP contribution in [0.15, 0.2) is 59.0 Å². The van der Waals surface area contributed by atoms with Crippen molar-refractivity contribution in [1.82, 2.24) is 25.6 Å². The lowest BCUT2D eigenvalue weighted by atomic mass is 10.1. The second-order valence-electron chi connectivity index (χ2n) is 7.21. The van der Waals surface area contributed by atoms with Gasteiger partial charge in [-0.25, -0.2) is 4.98 Å². The van der Waals surface area contributed by atoms with Gasteiger partial charge < -0.3 is 9.15 Å². The van der Waals surface area contributed by atoms with Gasteiger partial charge in [0.15, 0.2) is 5.82 Å². The molecule has 4 rings (SSSR count). The van der Waals surface area contributed by atoms with Gasteiger partial charge in [-0.05, 0) is 56.0 Å². The van der Waals surface area contributed by atoms with E-state index >= 15 is 0 Å². The molecule has 7 nitrogen and oxygen atoms in total. The van der Waals surface area contributed by atoms with E-state index in [4.69, 9.17) is 9.15 Å². The zero-order chi connectivity index (χ0) is 20.6. The predicted molar refractivity (Wildman–Crippen MR) is 113 cm³/mol. The molecule has 2 aromatic carbocycles. The van der Waals surface area contributed by atoms with Gasteiger partial charge >= 0.3 is 0 Å². The van der Waals surface area contributed by atoms with Crippen LogP contribution in [0, 0.1) is 6.92 Å². The molecule has 30 heavy (non-hydrogen) atoms. The summed E-state index contributed by atoms with van der Waals surface area (Å²) < 4.78 is 11.7. The third kappa shape index (κ3) is 5.31. The van der Waals surface area contributed by atoms with Gasteiger partial charge in [0, 0.05) is 12.0 Å². The highest BCUT2D eigenvalue weighted by atomic mass is 16.5. The second kappa shape index (κ2) is 9.82. The van der Waals surface area contributed by atoms with E-state index in [0.29, 0.717) is 12.5 Å². The van der Waals surface area contributed by atoms with E-state index in [9.17, 15) is 0 Å². The van der Waals surface area contributed by atoms with Crippen molar-refractivity contribution in [2.24, 2.45) is 0 Å². The third-order valence-electron chi connectivity index (χ3n) is 4.97. The Morgan fingerprint density at radius 2 is 1.73 bits per heavy atom. The molecular formula is C23H25N5O2. The van der Waals surface area contributed by atoms with Crippen molar-refractivity contribution >= 4 is 0 Å². The van der Waals surface area contributed by atoms with Crippen LogP contribution in [0.3, 0.4) is 0 Å². The molecule has 0 fully saturated rings. The highest BCUT2D eigenvalue weighted by molar-refractivity contribution is 5.53. The SMILES string of the molecule is Cc1oc(-c2ccccc2)nc1COc1ccc(CCCCCc2nn[nH]n2)cc1. The smallest absolute Gasteiger partial charge is 0.226 e. The van der Waals surface area contributed by atoms with E-state index in [1.165, 1.54) is 5.56 Å². The second-order valence-corrected chi connectivity index (χ2v) is 7.21. The fourth-order valence-electron chi connectivity index (χ4n) is 3.25. The Balaban J connectivity index is 1.22. The summed E-state index contributed by atoms with van der Waals surface area (Å²) in [5, 5.41) is 14.0. The maximum atomic E-state index is 5.92. The monoisotopic (exact) mass is 403 g/mol. The molecular weight excluding hydrogens is 378 g/mol. The maximum absolute atomic E-state index is 5.92. The number of hydrogen-bond acceptors (Lipinski definition) is 6. The molecule has 154 valence electrons. The van der Waals surface area contributed by atoms with Gasteiger partial charge in [0.2, 0.25) is 5.89 Å². The van der Waals surface area contributed by atoms with Gasteiger partial charge in [-0.15, -0.1) is 10.2 Å². The summed E-state index contributed by atoms with van der Waals surface area (Å²) in [5.74, 6) is 3.03. The molecule has 0 atom stereocenters. The molecule has 0 bridgehead atoms. The van der Waals surface area contributed by atoms with Crippen LogP contribution in [0.5, 0.6) is 5.75 Å². The lowest BCUT2D eigenvalue weighted by Crippen LogP contribution is -1.98. The first-order valence-electron chi connectivity index (χ1n) is 10.2. The highest BCUT2D eigenvalue weighted by Gasteiger charge is 2.11. The number of ether oxygens (including phenoxy) is 1.